The summed E-state index contributed by atoms with van der Waals surface area (Å²) in [6, 6.07) is 3.03. The zero-order chi connectivity index (χ0) is 10.8. The summed E-state index contributed by atoms with van der Waals surface area (Å²) in [5.41, 5.74) is -0.0579. The molecule has 0 aromatic carbocycles. The molecule has 0 radical (unpaired) electrons. The molecule has 0 amide bonds. The summed E-state index contributed by atoms with van der Waals surface area (Å²) in [6.07, 6.45) is 2.32. The average Bonchev–Trinajstić information content (AvgIpc) is 2.15. The second-order valence-corrected chi connectivity index (χ2v) is 4.56. The van der Waals surface area contributed by atoms with Crippen molar-refractivity contribution in [2.75, 3.05) is 13.4 Å². The third kappa shape index (κ3) is 1.83. The molecule has 14 heavy (non-hydrogen) atoms. The lowest BCUT2D eigenvalue weighted by atomic mass is 10.3. The first kappa shape index (κ1) is 10.5. The Bertz CT molecular complexity index is 488. The van der Waals surface area contributed by atoms with Gasteiger partial charge in [0.25, 0.3) is 0 Å². The lowest BCUT2D eigenvalue weighted by Gasteiger charge is -2.04. The SMILES string of the molecule is COc1nccc(S(C)(=O)=O)c1C#N. The van der Waals surface area contributed by atoms with Crippen molar-refractivity contribution < 1.29 is 13.2 Å². The van der Waals surface area contributed by atoms with Gasteiger partial charge in [0.2, 0.25) is 5.88 Å². The maximum atomic E-state index is 11.2. The molecule has 6 heteroatoms. The van der Waals surface area contributed by atoms with E-state index in [0.29, 0.717) is 0 Å². The first-order chi connectivity index (χ1) is 6.50. The van der Waals surface area contributed by atoms with Crippen molar-refractivity contribution in [1.29, 1.82) is 5.26 Å². The number of nitrogens with zero attached hydrogens (tertiary/aromatic N) is 2. The Hall–Kier alpha value is -1.61. The number of pyridine rings is 1. The standard InChI is InChI=1S/C8H8N2O3S/c1-13-8-6(5-9)7(3-4-10-8)14(2,11)12/h3-4H,1-2H3. The van der Waals surface area contributed by atoms with Crippen molar-refractivity contribution in [2.45, 2.75) is 4.90 Å². The summed E-state index contributed by atoms with van der Waals surface area (Å²) in [7, 11) is -2.09. The Balaban J connectivity index is 3.55. The van der Waals surface area contributed by atoms with E-state index in [1.807, 2.05) is 0 Å². The van der Waals surface area contributed by atoms with Gasteiger partial charge in [-0.3, -0.25) is 0 Å². The molecular formula is C8H8N2O3S. The van der Waals surface area contributed by atoms with Crippen LogP contribution in [0.5, 0.6) is 5.88 Å². The van der Waals surface area contributed by atoms with Crippen LogP contribution in [0, 0.1) is 11.3 Å². The molecule has 0 spiro atoms. The number of aromatic nitrogens is 1. The van der Waals surface area contributed by atoms with Crippen molar-refractivity contribution >= 4 is 9.84 Å². The molecule has 0 saturated heterocycles. The fourth-order valence-corrected chi connectivity index (χ4v) is 1.80. The molecule has 0 saturated carbocycles. The minimum Gasteiger partial charge on any atom is -0.480 e. The van der Waals surface area contributed by atoms with Crippen LogP contribution in [-0.2, 0) is 9.84 Å². The molecule has 74 valence electrons. The molecule has 0 aliphatic rings. The van der Waals surface area contributed by atoms with E-state index < -0.39 is 9.84 Å². The Morgan fingerprint density at radius 3 is 2.64 bits per heavy atom. The summed E-state index contributed by atoms with van der Waals surface area (Å²) >= 11 is 0. The van der Waals surface area contributed by atoms with E-state index in [-0.39, 0.29) is 16.3 Å². The summed E-state index contributed by atoms with van der Waals surface area (Å²) in [6.45, 7) is 0. The Morgan fingerprint density at radius 2 is 2.21 bits per heavy atom. The Kier molecular flexibility index (Phi) is 2.72. The number of methoxy groups -OCH3 is 1. The fourth-order valence-electron chi connectivity index (χ4n) is 0.993. The second kappa shape index (κ2) is 3.64. The fraction of sp³-hybridized carbons (Fsp3) is 0.250. The predicted molar refractivity (Wildman–Crippen MR) is 48.6 cm³/mol. The van der Waals surface area contributed by atoms with Crippen molar-refractivity contribution in [2.24, 2.45) is 0 Å². The Labute approximate surface area is 81.9 Å². The largest absolute Gasteiger partial charge is 0.480 e. The predicted octanol–water partition coefficient (Wildman–Crippen LogP) is 0.365. The average molecular weight is 212 g/mol. The van der Waals surface area contributed by atoms with Crippen LogP contribution in [0.2, 0.25) is 0 Å². The zero-order valence-corrected chi connectivity index (χ0v) is 8.50. The van der Waals surface area contributed by atoms with Gasteiger partial charge in [0.15, 0.2) is 9.84 Å². The van der Waals surface area contributed by atoms with Crippen LogP contribution in [-0.4, -0.2) is 26.8 Å². The maximum absolute atomic E-state index is 11.2. The number of hydrogen-bond acceptors (Lipinski definition) is 5. The van der Waals surface area contributed by atoms with Gasteiger partial charge in [-0.2, -0.15) is 5.26 Å². The van der Waals surface area contributed by atoms with Crippen molar-refractivity contribution in [3.63, 3.8) is 0 Å². The van der Waals surface area contributed by atoms with E-state index in [9.17, 15) is 8.42 Å². The monoisotopic (exact) mass is 212 g/mol. The van der Waals surface area contributed by atoms with Gasteiger partial charge in [0.1, 0.15) is 11.6 Å². The van der Waals surface area contributed by atoms with Gasteiger partial charge >= 0.3 is 0 Å². The lowest BCUT2D eigenvalue weighted by molar-refractivity contribution is 0.394. The van der Waals surface area contributed by atoms with E-state index in [1.54, 1.807) is 6.07 Å². The molecule has 0 atom stereocenters. The molecule has 1 aromatic heterocycles. The Morgan fingerprint density at radius 1 is 1.57 bits per heavy atom. The third-order valence-electron chi connectivity index (χ3n) is 1.58. The smallest absolute Gasteiger partial charge is 0.232 e. The van der Waals surface area contributed by atoms with Gasteiger partial charge in [0, 0.05) is 12.5 Å². The highest BCUT2D eigenvalue weighted by Gasteiger charge is 2.17. The highest BCUT2D eigenvalue weighted by Crippen LogP contribution is 2.21. The topological polar surface area (TPSA) is 80.0 Å². The molecule has 1 aromatic rings. The van der Waals surface area contributed by atoms with Crippen molar-refractivity contribution in [3.05, 3.63) is 17.8 Å². The number of nitriles is 1. The summed E-state index contributed by atoms with van der Waals surface area (Å²) < 4.78 is 27.3. The minimum absolute atomic E-state index is 0.0235. The summed E-state index contributed by atoms with van der Waals surface area (Å²) in [5, 5.41) is 8.76. The molecule has 0 unspecified atom stereocenters. The van der Waals surface area contributed by atoms with Crippen LogP contribution in [0.1, 0.15) is 5.56 Å². The molecule has 0 N–H and O–H groups in total. The molecule has 0 bridgehead atoms. The molecule has 0 aliphatic carbocycles. The minimum atomic E-state index is -3.42. The van der Waals surface area contributed by atoms with Gasteiger partial charge in [0.05, 0.1) is 12.0 Å². The van der Waals surface area contributed by atoms with Gasteiger partial charge in [-0.05, 0) is 6.07 Å². The first-order valence-corrected chi connectivity index (χ1v) is 5.53. The van der Waals surface area contributed by atoms with E-state index in [2.05, 4.69) is 4.98 Å². The summed E-state index contributed by atoms with van der Waals surface area (Å²) in [5.74, 6) is 0.0235. The number of rotatable bonds is 2. The molecule has 1 rings (SSSR count). The normalized spacial score (nSPS) is 10.6. The van der Waals surface area contributed by atoms with Crippen LogP contribution >= 0.6 is 0 Å². The molecule has 1 heterocycles. The van der Waals surface area contributed by atoms with Crippen LogP contribution in [0.4, 0.5) is 0 Å². The first-order valence-electron chi connectivity index (χ1n) is 3.64. The van der Waals surface area contributed by atoms with Gasteiger partial charge in [-0.25, -0.2) is 13.4 Å². The maximum Gasteiger partial charge on any atom is 0.232 e. The number of sulfone groups is 1. The van der Waals surface area contributed by atoms with Crippen molar-refractivity contribution in [1.82, 2.24) is 4.98 Å². The molecular weight excluding hydrogens is 204 g/mol. The highest BCUT2D eigenvalue weighted by molar-refractivity contribution is 7.90. The summed E-state index contributed by atoms with van der Waals surface area (Å²) in [4.78, 5) is 3.67. The van der Waals surface area contributed by atoms with E-state index >= 15 is 0 Å². The quantitative estimate of drug-likeness (QED) is 0.707. The zero-order valence-electron chi connectivity index (χ0n) is 7.68. The van der Waals surface area contributed by atoms with Gasteiger partial charge in [-0.15, -0.1) is 0 Å². The van der Waals surface area contributed by atoms with Gasteiger partial charge < -0.3 is 4.74 Å². The number of hydrogen-bond donors (Lipinski definition) is 0. The van der Waals surface area contributed by atoms with E-state index in [1.165, 1.54) is 19.4 Å². The van der Waals surface area contributed by atoms with Crippen LogP contribution in [0.25, 0.3) is 0 Å². The van der Waals surface area contributed by atoms with E-state index in [0.717, 1.165) is 6.26 Å². The van der Waals surface area contributed by atoms with Crippen LogP contribution in [0.3, 0.4) is 0 Å². The lowest BCUT2D eigenvalue weighted by Crippen LogP contribution is -2.03. The third-order valence-corrected chi connectivity index (χ3v) is 2.72. The molecule has 0 fully saturated rings. The molecule has 0 aliphatic heterocycles. The van der Waals surface area contributed by atoms with E-state index in [4.69, 9.17) is 10.00 Å². The second-order valence-electron chi connectivity index (χ2n) is 2.58. The highest BCUT2D eigenvalue weighted by atomic mass is 32.2. The van der Waals surface area contributed by atoms with Crippen LogP contribution in [0.15, 0.2) is 17.2 Å². The van der Waals surface area contributed by atoms with Crippen molar-refractivity contribution in [3.8, 4) is 11.9 Å². The number of ether oxygens (including phenoxy) is 1. The van der Waals surface area contributed by atoms with Crippen LogP contribution < -0.4 is 4.74 Å². The van der Waals surface area contributed by atoms with Gasteiger partial charge in [-0.1, -0.05) is 0 Å². The molecule has 5 nitrogen and oxygen atoms in total.